The van der Waals surface area contributed by atoms with Gasteiger partial charge >= 0.3 is 0 Å². The minimum atomic E-state index is 0.639. The monoisotopic (exact) mass is 276 g/mol. The molecule has 0 amide bonds. The van der Waals surface area contributed by atoms with E-state index >= 15 is 0 Å². The molecule has 0 spiro atoms. The number of nitrogens with zero attached hydrogens (tertiary/aromatic N) is 3. The molecule has 1 N–H and O–H groups in total. The molecule has 1 aromatic rings. The second kappa shape index (κ2) is 7.04. The summed E-state index contributed by atoms with van der Waals surface area (Å²) in [7, 11) is 4.36. The Hall–Kier alpha value is -1.13. The lowest BCUT2D eigenvalue weighted by molar-refractivity contribution is 0.266. The zero-order valence-electron chi connectivity index (χ0n) is 13.3. The summed E-state index contributed by atoms with van der Waals surface area (Å²) in [5.74, 6) is 0.703. The number of likely N-dealkylation sites (N-methyl/N-ethyl adjacent to an activating group) is 1. The van der Waals surface area contributed by atoms with Crippen molar-refractivity contribution in [3.8, 4) is 0 Å². The minimum Gasteiger partial charge on any atom is -0.369 e. The van der Waals surface area contributed by atoms with Crippen LogP contribution in [0.5, 0.6) is 0 Å². The molecule has 0 aliphatic carbocycles. The molecule has 0 radical (unpaired) electrons. The highest BCUT2D eigenvalue weighted by molar-refractivity contribution is 5.53. The van der Waals surface area contributed by atoms with Crippen molar-refractivity contribution >= 4 is 5.69 Å². The van der Waals surface area contributed by atoms with E-state index in [0.29, 0.717) is 12.0 Å². The number of pyridine rings is 1. The molecular formula is C16H28N4. The Morgan fingerprint density at radius 1 is 1.40 bits per heavy atom. The maximum absolute atomic E-state index is 4.29. The number of nitrogens with one attached hydrogen (secondary N) is 1. The maximum atomic E-state index is 4.29. The van der Waals surface area contributed by atoms with Crippen LogP contribution < -0.4 is 10.2 Å². The van der Waals surface area contributed by atoms with E-state index in [1.807, 2.05) is 12.4 Å². The van der Waals surface area contributed by atoms with Crippen molar-refractivity contribution in [1.82, 2.24) is 15.2 Å². The first-order valence-electron chi connectivity index (χ1n) is 7.68. The first-order chi connectivity index (χ1) is 9.63. The van der Waals surface area contributed by atoms with Crippen LogP contribution in [0.15, 0.2) is 18.5 Å². The summed E-state index contributed by atoms with van der Waals surface area (Å²) >= 11 is 0. The molecule has 112 valence electrons. The smallest absolute Gasteiger partial charge is 0.0443 e. The van der Waals surface area contributed by atoms with E-state index in [4.69, 9.17) is 0 Å². The van der Waals surface area contributed by atoms with Gasteiger partial charge < -0.3 is 15.1 Å². The predicted molar refractivity (Wildman–Crippen MR) is 85.1 cm³/mol. The number of rotatable bonds is 6. The summed E-state index contributed by atoms with van der Waals surface area (Å²) in [5.41, 5.74) is 2.66. The summed E-state index contributed by atoms with van der Waals surface area (Å²) in [6, 6.07) is 2.80. The van der Waals surface area contributed by atoms with Crippen LogP contribution in [0, 0.1) is 5.92 Å². The Balaban J connectivity index is 2.09. The standard InChI is InChI=1S/C16H28N4/c1-5-7-17-9-14-10-18-8-6-15(14)20-11-13(2)16(12-20)19(3)4/h6,8,10,13,16-17H,5,7,9,11-12H2,1-4H3. The van der Waals surface area contributed by atoms with Crippen molar-refractivity contribution in [2.75, 3.05) is 38.6 Å². The first-order valence-corrected chi connectivity index (χ1v) is 7.68. The average molecular weight is 276 g/mol. The molecule has 20 heavy (non-hydrogen) atoms. The number of anilines is 1. The summed E-state index contributed by atoms with van der Waals surface area (Å²) in [4.78, 5) is 9.15. The van der Waals surface area contributed by atoms with Crippen LogP contribution in [-0.2, 0) is 6.54 Å². The van der Waals surface area contributed by atoms with Crippen molar-refractivity contribution in [3.63, 3.8) is 0 Å². The Morgan fingerprint density at radius 2 is 2.20 bits per heavy atom. The summed E-state index contributed by atoms with van der Waals surface area (Å²) in [5, 5.41) is 3.48. The Kier molecular flexibility index (Phi) is 5.38. The molecule has 2 unspecified atom stereocenters. The maximum Gasteiger partial charge on any atom is 0.0443 e. The Labute approximate surface area is 123 Å². The van der Waals surface area contributed by atoms with E-state index in [0.717, 1.165) is 26.2 Å². The van der Waals surface area contributed by atoms with Crippen LogP contribution in [0.3, 0.4) is 0 Å². The second-order valence-electron chi connectivity index (χ2n) is 6.09. The third kappa shape index (κ3) is 3.49. The number of hydrogen-bond donors (Lipinski definition) is 1. The molecule has 2 heterocycles. The number of aromatic nitrogens is 1. The van der Waals surface area contributed by atoms with Crippen molar-refractivity contribution in [2.45, 2.75) is 32.9 Å². The zero-order chi connectivity index (χ0) is 14.5. The van der Waals surface area contributed by atoms with E-state index in [9.17, 15) is 0 Å². The van der Waals surface area contributed by atoms with E-state index < -0.39 is 0 Å². The summed E-state index contributed by atoms with van der Waals surface area (Å²) in [6.45, 7) is 8.76. The SMILES string of the molecule is CCCNCc1cnccc1N1CC(C)C(N(C)C)C1. The fourth-order valence-corrected chi connectivity index (χ4v) is 3.08. The molecule has 2 rings (SSSR count). The van der Waals surface area contributed by atoms with Gasteiger partial charge in [0.25, 0.3) is 0 Å². The molecule has 1 saturated heterocycles. The van der Waals surface area contributed by atoms with Gasteiger partial charge in [-0.1, -0.05) is 13.8 Å². The molecule has 4 nitrogen and oxygen atoms in total. The van der Waals surface area contributed by atoms with Gasteiger partial charge in [-0.2, -0.15) is 0 Å². The molecule has 0 saturated carbocycles. The van der Waals surface area contributed by atoms with Crippen molar-refractivity contribution in [2.24, 2.45) is 5.92 Å². The normalized spacial score (nSPS) is 22.8. The molecule has 1 aliphatic heterocycles. The van der Waals surface area contributed by atoms with Gasteiger partial charge in [-0.15, -0.1) is 0 Å². The van der Waals surface area contributed by atoms with Crippen LogP contribution >= 0.6 is 0 Å². The lowest BCUT2D eigenvalue weighted by Gasteiger charge is -2.24. The highest BCUT2D eigenvalue weighted by Gasteiger charge is 2.31. The van der Waals surface area contributed by atoms with E-state index in [2.05, 4.69) is 54.1 Å². The molecular weight excluding hydrogens is 248 g/mol. The van der Waals surface area contributed by atoms with Gasteiger partial charge in [0, 0.05) is 49.3 Å². The molecule has 4 heteroatoms. The molecule has 2 atom stereocenters. The van der Waals surface area contributed by atoms with Crippen molar-refractivity contribution in [3.05, 3.63) is 24.0 Å². The number of hydrogen-bond acceptors (Lipinski definition) is 4. The first kappa shape index (κ1) is 15.3. The van der Waals surface area contributed by atoms with Gasteiger partial charge in [0.1, 0.15) is 0 Å². The van der Waals surface area contributed by atoms with Gasteiger partial charge in [-0.25, -0.2) is 0 Å². The third-order valence-corrected chi connectivity index (χ3v) is 4.20. The molecule has 1 fully saturated rings. The van der Waals surface area contributed by atoms with Gasteiger partial charge in [0.2, 0.25) is 0 Å². The van der Waals surface area contributed by atoms with Crippen molar-refractivity contribution < 1.29 is 0 Å². The predicted octanol–water partition coefficient (Wildman–Crippen LogP) is 1.97. The molecule has 1 aromatic heterocycles. The lowest BCUT2D eigenvalue weighted by atomic mass is 10.1. The quantitative estimate of drug-likeness (QED) is 0.805. The minimum absolute atomic E-state index is 0.639. The Morgan fingerprint density at radius 3 is 2.85 bits per heavy atom. The van der Waals surface area contributed by atoms with E-state index in [1.165, 1.54) is 17.7 Å². The van der Waals surface area contributed by atoms with Gasteiger partial charge in [-0.05, 0) is 39.0 Å². The topological polar surface area (TPSA) is 31.4 Å². The fraction of sp³-hybridized carbons (Fsp3) is 0.688. The third-order valence-electron chi connectivity index (χ3n) is 4.20. The van der Waals surface area contributed by atoms with Crippen LogP contribution in [0.1, 0.15) is 25.8 Å². The molecule has 0 bridgehead atoms. The van der Waals surface area contributed by atoms with Crippen LogP contribution in [0.4, 0.5) is 5.69 Å². The summed E-state index contributed by atoms with van der Waals surface area (Å²) < 4.78 is 0. The molecule has 1 aliphatic rings. The van der Waals surface area contributed by atoms with Gasteiger partial charge in [0.15, 0.2) is 0 Å². The van der Waals surface area contributed by atoms with Gasteiger partial charge in [-0.3, -0.25) is 4.98 Å². The second-order valence-corrected chi connectivity index (χ2v) is 6.09. The van der Waals surface area contributed by atoms with E-state index in [-0.39, 0.29) is 0 Å². The molecule has 0 aromatic carbocycles. The highest BCUT2D eigenvalue weighted by atomic mass is 15.2. The highest BCUT2D eigenvalue weighted by Crippen LogP contribution is 2.28. The fourth-order valence-electron chi connectivity index (χ4n) is 3.08. The summed E-state index contributed by atoms with van der Waals surface area (Å²) in [6.07, 6.45) is 5.08. The van der Waals surface area contributed by atoms with Crippen LogP contribution in [0.2, 0.25) is 0 Å². The Bertz CT molecular complexity index is 419. The lowest BCUT2D eigenvalue weighted by Crippen LogP contribution is -2.34. The zero-order valence-corrected chi connectivity index (χ0v) is 13.3. The van der Waals surface area contributed by atoms with Crippen molar-refractivity contribution in [1.29, 1.82) is 0 Å². The average Bonchev–Trinajstić information content (AvgIpc) is 2.82. The van der Waals surface area contributed by atoms with Gasteiger partial charge in [0.05, 0.1) is 0 Å². The largest absolute Gasteiger partial charge is 0.369 e. The van der Waals surface area contributed by atoms with E-state index in [1.54, 1.807) is 0 Å². The van der Waals surface area contributed by atoms with Crippen LogP contribution in [0.25, 0.3) is 0 Å². The van der Waals surface area contributed by atoms with Crippen LogP contribution in [-0.4, -0.2) is 49.7 Å².